The summed E-state index contributed by atoms with van der Waals surface area (Å²) in [5, 5.41) is 5.31. The molecule has 0 aromatic heterocycles. The van der Waals surface area contributed by atoms with Crippen molar-refractivity contribution in [2.24, 2.45) is 0 Å². The molecule has 2 aromatic rings. The van der Waals surface area contributed by atoms with Gasteiger partial charge in [0.2, 0.25) is 5.91 Å². The zero-order valence-electron chi connectivity index (χ0n) is 17.8. The van der Waals surface area contributed by atoms with E-state index in [9.17, 15) is 19.2 Å². The van der Waals surface area contributed by atoms with Crippen molar-refractivity contribution in [3.8, 4) is 11.1 Å². The molecule has 0 atom stereocenters. The summed E-state index contributed by atoms with van der Waals surface area (Å²) in [6.07, 6.45) is 0. The lowest BCUT2D eigenvalue weighted by Gasteiger charge is -2.18. The minimum Gasteiger partial charge on any atom is -0.464 e. The van der Waals surface area contributed by atoms with E-state index in [0.29, 0.717) is 22.3 Å². The van der Waals surface area contributed by atoms with Crippen molar-refractivity contribution in [2.75, 3.05) is 12.4 Å². The number of halogens is 2. The molecule has 0 unspecified atom stereocenters. The fraction of sp³-hybridized carbons (Fsp3) is 0.130. The molecule has 0 radical (unpaired) electrons. The van der Waals surface area contributed by atoms with E-state index in [4.69, 9.17) is 23.2 Å². The number of carbonyl (C=O) groups is 4. The number of nitrogens with zero attached hydrogens (tertiary/aromatic N) is 1. The summed E-state index contributed by atoms with van der Waals surface area (Å²) in [5.41, 5.74) is 2.17. The standard InChI is InChI=1S/C23H19Cl2N3O5/c1-11(23(32)33-4)26-21(30)12(2)28-10-17-15(6-5-7-16(17)22(28)31)14-8-18(24)20(19(25)9-14)27-13(3)29/h5-9H,1-2,10H2,3-4H3,(H,26,30)(H,27,29). The van der Waals surface area contributed by atoms with Crippen LogP contribution in [0.15, 0.2) is 54.9 Å². The first kappa shape index (κ1) is 24.0. The van der Waals surface area contributed by atoms with Crippen LogP contribution in [0.2, 0.25) is 10.0 Å². The van der Waals surface area contributed by atoms with Gasteiger partial charge in [0.15, 0.2) is 0 Å². The van der Waals surface area contributed by atoms with Crippen LogP contribution in [0.25, 0.3) is 11.1 Å². The molecule has 3 amide bonds. The van der Waals surface area contributed by atoms with Gasteiger partial charge in [0.05, 0.1) is 29.4 Å². The van der Waals surface area contributed by atoms with E-state index >= 15 is 0 Å². The number of fused-ring (bicyclic) bond motifs is 1. The minimum atomic E-state index is -0.814. The highest BCUT2D eigenvalue weighted by Gasteiger charge is 2.34. The molecule has 2 aromatic carbocycles. The fourth-order valence-electron chi connectivity index (χ4n) is 3.35. The number of anilines is 1. The van der Waals surface area contributed by atoms with Gasteiger partial charge < -0.3 is 15.4 Å². The number of rotatable bonds is 6. The van der Waals surface area contributed by atoms with Gasteiger partial charge in [-0.1, -0.05) is 48.5 Å². The van der Waals surface area contributed by atoms with Crippen molar-refractivity contribution in [2.45, 2.75) is 13.5 Å². The normalized spacial score (nSPS) is 12.1. The van der Waals surface area contributed by atoms with E-state index in [0.717, 1.165) is 7.11 Å². The van der Waals surface area contributed by atoms with Crippen molar-refractivity contribution >= 4 is 52.6 Å². The number of carbonyl (C=O) groups excluding carboxylic acids is 4. The predicted molar refractivity (Wildman–Crippen MR) is 125 cm³/mol. The molecule has 1 aliphatic rings. The highest BCUT2D eigenvalue weighted by molar-refractivity contribution is 6.40. The fourth-order valence-corrected chi connectivity index (χ4v) is 3.93. The van der Waals surface area contributed by atoms with Crippen LogP contribution in [-0.4, -0.2) is 35.7 Å². The lowest BCUT2D eigenvalue weighted by atomic mass is 9.96. The van der Waals surface area contributed by atoms with Crippen molar-refractivity contribution in [3.05, 3.63) is 76.1 Å². The molecule has 1 aliphatic heterocycles. The van der Waals surface area contributed by atoms with Crippen LogP contribution in [0.1, 0.15) is 22.8 Å². The first-order chi connectivity index (χ1) is 15.5. The number of amides is 3. The number of ether oxygens (including phenoxy) is 1. The molecule has 33 heavy (non-hydrogen) atoms. The maximum Gasteiger partial charge on any atom is 0.353 e. The smallest absolute Gasteiger partial charge is 0.353 e. The second-order valence-electron chi connectivity index (χ2n) is 7.09. The molecule has 0 spiro atoms. The van der Waals surface area contributed by atoms with E-state index in [1.54, 1.807) is 30.3 Å². The van der Waals surface area contributed by atoms with E-state index in [-0.39, 0.29) is 39.6 Å². The zero-order chi connectivity index (χ0) is 24.4. The SMILES string of the molecule is C=C(NC(=O)C(=C)N1Cc2c(cccc2-c2cc(Cl)c(NC(C)=O)c(Cl)c2)C1=O)C(=O)OC. The Hall–Kier alpha value is -3.62. The first-order valence-electron chi connectivity index (χ1n) is 9.53. The lowest BCUT2D eigenvalue weighted by molar-refractivity contribution is -0.137. The van der Waals surface area contributed by atoms with Crippen LogP contribution in [0.3, 0.4) is 0 Å². The molecule has 1 heterocycles. The van der Waals surface area contributed by atoms with Gasteiger partial charge in [-0.3, -0.25) is 19.3 Å². The highest BCUT2D eigenvalue weighted by atomic mass is 35.5. The van der Waals surface area contributed by atoms with Crippen molar-refractivity contribution in [1.82, 2.24) is 10.2 Å². The third-order valence-electron chi connectivity index (χ3n) is 4.91. The average molecular weight is 488 g/mol. The second-order valence-corrected chi connectivity index (χ2v) is 7.90. The molecule has 0 saturated heterocycles. The Balaban J connectivity index is 1.92. The molecule has 0 fully saturated rings. The summed E-state index contributed by atoms with van der Waals surface area (Å²) in [5.74, 6) is -2.33. The number of hydrogen-bond acceptors (Lipinski definition) is 5. The third kappa shape index (κ3) is 4.76. The Labute approximate surface area is 199 Å². The monoisotopic (exact) mass is 487 g/mol. The molecule has 0 bridgehead atoms. The molecule has 10 heteroatoms. The number of esters is 1. The van der Waals surface area contributed by atoms with Crippen molar-refractivity contribution < 1.29 is 23.9 Å². The summed E-state index contributed by atoms with van der Waals surface area (Å²) >= 11 is 12.7. The van der Waals surface area contributed by atoms with E-state index in [1.807, 2.05) is 0 Å². The van der Waals surface area contributed by atoms with Crippen LogP contribution in [-0.2, 0) is 25.7 Å². The topological polar surface area (TPSA) is 105 Å². The molecular weight excluding hydrogens is 469 g/mol. The van der Waals surface area contributed by atoms with Gasteiger partial charge >= 0.3 is 5.97 Å². The number of benzene rings is 2. The van der Waals surface area contributed by atoms with Gasteiger partial charge in [-0.05, 0) is 34.9 Å². The minimum absolute atomic E-state index is 0.0595. The van der Waals surface area contributed by atoms with Crippen molar-refractivity contribution in [3.63, 3.8) is 0 Å². The first-order valence-corrected chi connectivity index (χ1v) is 10.3. The van der Waals surface area contributed by atoms with Crippen LogP contribution < -0.4 is 10.6 Å². The summed E-state index contributed by atoms with van der Waals surface area (Å²) in [6.45, 7) is 8.52. The Kier molecular flexibility index (Phi) is 6.90. The number of methoxy groups -OCH3 is 1. The van der Waals surface area contributed by atoms with Gasteiger partial charge in [0.1, 0.15) is 11.4 Å². The Morgan fingerprint density at radius 1 is 1.09 bits per heavy atom. The maximum absolute atomic E-state index is 13.0. The lowest BCUT2D eigenvalue weighted by Crippen LogP contribution is -2.36. The zero-order valence-corrected chi connectivity index (χ0v) is 19.3. The summed E-state index contributed by atoms with van der Waals surface area (Å²) < 4.78 is 4.50. The van der Waals surface area contributed by atoms with Crippen molar-refractivity contribution in [1.29, 1.82) is 0 Å². The van der Waals surface area contributed by atoms with Crippen LogP contribution in [0.4, 0.5) is 5.69 Å². The molecule has 3 rings (SSSR count). The van der Waals surface area contributed by atoms with Gasteiger partial charge in [0, 0.05) is 12.5 Å². The van der Waals surface area contributed by atoms with Crippen LogP contribution in [0, 0.1) is 0 Å². The predicted octanol–water partition coefficient (Wildman–Crippen LogP) is 3.89. The molecule has 8 nitrogen and oxygen atoms in total. The van der Waals surface area contributed by atoms with Gasteiger partial charge in [-0.15, -0.1) is 0 Å². The maximum atomic E-state index is 13.0. The van der Waals surface area contributed by atoms with Gasteiger partial charge in [0.25, 0.3) is 11.8 Å². The van der Waals surface area contributed by atoms with E-state index in [2.05, 4.69) is 28.5 Å². The molecule has 0 aliphatic carbocycles. The molecule has 170 valence electrons. The Morgan fingerprint density at radius 2 is 1.70 bits per heavy atom. The van der Waals surface area contributed by atoms with Crippen LogP contribution in [0.5, 0.6) is 0 Å². The number of hydrogen-bond donors (Lipinski definition) is 2. The Morgan fingerprint density at radius 3 is 2.27 bits per heavy atom. The summed E-state index contributed by atoms with van der Waals surface area (Å²) in [6, 6.07) is 8.37. The quantitative estimate of drug-likeness (QED) is 0.474. The van der Waals surface area contributed by atoms with E-state index in [1.165, 1.54) is 11.8 Å². The van der Waals surface area contributed by atoms with Gasteiger partial charge in [-0.25, -0.2) is 4.79 Å². The van der Waals surface area contributed by atoms with Crippen LogP contribution >= 0.6 is 23.2 Å². The summed E-state index contributed by atoms with van der Waals surface area (Å²) in [4.78, 5) is 49.5. The summed E-state index contributed by atoms with van der Waals surface area (Å²) in [7, 11) is 1.15. The Bertz CT molecular complexity index is 1220. The average Bonchev–Trinajstić information content (AvgIpc) is 3.11. The van der Waals surface area contributed by atoms with Gasteiger partial charge in [-0.2, -0.15) is 0 Å². The third-order valence-corrected chi connectivity index (χ3v) is 5.50. The second kappa shape index (κ2) is 9.48. The molecule has 0 saturated carbocycles. The number of nitrogens with one attached hydrogen (secondary N) is 2. The molecule has 2 N–H and O–H groups in total. The highest BCUT2D eigenvalue weighted by Crippen LogP contribution is 2.39. The van der Waals surface area contributed by atoms with E-state index < -0.39 is 17.8 Å². The largest absolute Gasteiger partial charge is 0.464 e. The molecular formula is C23H19Cl2N3O5.